The van der Waals surface area contributed by atoms with E-state index in [1.807, 2.05) is 0 Å². The number of H-pyrrole nitrogens is 1. The average molecular weight is 404 g/mol. The Morgan fingerprint density at radius 2 is 1.97 bits per heavy atom. The van der Waals surface area contributed by atoms with Crippen LogP contribution in [-0.4, -0.2) is 48.9 Å². The Labute approximate surface area is 169 Å². The molecule has 2 aromatic rings. The first-order valence-electron chi connectivity index (χ1n) is 9.43. The summed E-state index contributed by atoms with van der Waals surface area (Å²) in [6, 6.07) is 5.07. The van der Waals surface area contributed by atoms with Crippen LogP contribution in [-0.2, 0) is 9.53 Å². The van der Waals surface area contributed by atoms with E-state index in [1.165, 1.54) is 18.2 Å². The van der Waals surface area contributed by atoms with Gasteiger partial charge in [0, 0.05) is 11.4 Å². The van der Waals surface area contributed by atoms with E-state index in [9.17, 15) is 18.8 Å². The number of aromatic amines is 1. The van der Waals surface area contributed by atoms with Crippen LogP contribution < -0.4 is 10.2 Å². The fraction of sp³-hybridized carbons (Fsp3) is 0.381. The van der Waals surface area contributed by atoms with Crippen LogP contribution >= 0.6 is 0 Å². The SMILES string of the molecule is CCOC(=O)c1c(C)[nH]c(C(=O)[C@H](C)[NH+](C)CC(=O)Nc2cccc(F)c2)c1C. The average Bonchev–Trinajstić information content (AvgIpc) is 2.94. The van der Waals surface area contributed by atoms with E-state index in [0.29, 0.717) is 33.1 Å². The first kappa shape index (κ1) is 22.3. The van der Waals surface area contributed by atoms with Gasteiger partial charge < -0.3 is 19.9 Å². The number of rotatable bonds is 8. The molecule has 0 spiro atoms. The number of nitrogens with one attached hydrogen (secondary N) is 3. The molecule has 0 bridgehead atoms. The number of hydrogen-bond acceptors (Lipinski definition) is 4. The maximum atomic E-state index is 13.2. The van der Waals surface area contributed by atoms with Crippen molar-refractivity contribution in [1.82, 2.24) is 4.98 Å². The highest BCUT2D eigenvalue weighted by Crippen LogP contribution is 2.20. The summed E-state index contributed by atoms with van der Waals surface area (Å²) < 4.78 is 18.3. The molecule has 0 saturated carbocycles. The molecule has 0 fully saturated rings. The van der Waals surface area contributed by atoms with Crippen LogP contribution in [0.4, 0.5) is 10.1 Å². The number of ketones is 1. The number of anilines is 1. The molecule has 3 N–H and O–H groups in total. The highest BCUT2D eigenvalue weighted by Gasteiger charge is 2.30. The third-order valence-corrected chi connectivity index (χ3v) is 4.84. The topological polar surface area (TPSA) is 92.7 Å². The maximum Gasteiger partial charge on any atom is 0.340 e. The fourth-order valence-corrected chi connectivity index (χ4v) is 3.12. The quantitative estimate of drug-likeness (QED) is 0.461. The van der Waals surface area contributed by atoms with Gasteiger partial charge in [0.2, 0.25) is 5.78 Å². The zero-order chi connectivity index (χ0) is 21.7. The van der Waals surface area contributed by atoms with Crippen molar-refractivity contribution in [1.29, 1.82) is 0 Å². The van der Waals surface area contributed by atoms with Crippen molar-refractivity contribution in [3.05, 3.63) is 52.6 Å². The number of aryl methyl sites for hydroxylation is 1. The molecule has 0 aliphatic heterocycles. The van der Waals surface area contributed by atoms with Crippen LogP contribution in [0, 0.1) is 19.7 Å². The van der Waals surface area contributed by atoms with Crippen molar-refractivity contribution >= 4 is 23.3 Å². The molecule has 1 heterocycles. The largest absolute Gasteiger partial charge is 0.462 e. The van der Waals surface area contributed by atoms with Crippen molar-refractivity contribution in [3.8, 4) is 0 Å². The van der Waals surface area contributed by atoms with E-state index in [1.54, 1.807) is 40.8 Å². The first-order chi connectivity index (χ1) is 13.6. The third kappa shape index (κ3) is 5.29. The number of likely N-dealkylation sites (N-methyl/N-ethyl adjacent to an activating group) is 1. The van der Waals surface area contributed by atoms with Crippen LogP contribution in [0.1, 0.15) is 46.0 Å². The minimum absolute atomic E-state index is 0.0207. The summed E-state index contributed by atoms with van der Waals surface area (Å²) in [5.41, 5.74) is 2.16. The molecule has 7 nitrogen and oxygen atoms in total. The standard InChI is InChI=1S/C21H26FN3O4/c1-6-29-21(28)18-12(2)19(23-13(18)3)20(27)14(4)25(5)11-17(26)24-16-9-7-8-15(22)10-16/h7-10,14,23H,6,11H2,1-5H3,(H,24,26)/p+1/t14-/m0/s1. The van der Waals surface area contributed by atoms with Crippen molar-refractivity contribution in [2.45, 2.75) is 33.7 Å². The van der Waals surface area contributed by atoms with Crippen LogP contribution in [0.5, 0.6) is 0 Å². The zero-order valence-corrected chi connectivity index (χ0v) is 17.3. The van der Waals surface area contributed by atoms with Crippen LogP contribution in [0.25, 0.3) is 0 Å². The minimum Gasteiger partial charge on any atom is -0.462 e. The summed E-state index contributed by atoms with van der Waals surface area (Å²) in [5.74, 6) is -1.46. The Kier molecular flexibility index (Phi) is 7.28. The van der Waals surface area contributed by atoms with E-state index < -0.39 is 17.8 Å². The number of carbonyl (C=O) groups is 3. The predicted octanol–water partition coefficient (Wildman–Crippen LogP) is 1.67. The summed E-state index contributed by atoms with van der Waals surface area (Å²) in [7, 11) is 1.73. The molecule has 1 aromatic carbocycles. The second kappa shape index (κ2) is 9.47. The summed E-state index contributed by atoms with van der Waals surface area (Å²) in [5, 5.41) is 2.62. The van der Waals surface area contributed by atoms with Gasteiger partial charge in [0.15, 0.2) is 12.6 Å². The smallest absolute Gasteiger partial charge is 0.340 e. The minimum atomic E-state index is -0.542. The second-order valence-electron chi connectivity index (χ2n) is 7.01. The van der Waals surface area contributed by atoms with Crippen LogP contribution in [0.3, 0.4) is 0 Å². The lowest BCUT2D eigenvalue weighted by Crippen LogP contribution is -3.14. The van der Waals surface area contributed by atoms with E-state index in [2.05, 4.69) is 10.3 Å². The molecular weight excluding hydrogens is 377 g/mol. The molecule has 0 radical (unpaired) electrons. The van der Waals surface area contributed by atoms with Gasteiger partial charge in [-0.3, -0.25) is 9.59 Å². The normalized spacial score (nSPS) is 12.9. The Balaban J connectivity index is 2.08. The Hall–Kier alpha value is -3.00. The molecule has 8 heteroatoms. The highest BCUT2D eigenvalue weighted by molar-refractivity contribution is 6.03. The van der Waals surface area contributed by atoms with Gasteiger partial charge in [-0.05, 0) is 51.5 Å². The first-order valence-corrected chi connectivity index (χ1v) is 9.43. The number of halogens is 1. The van der Waals surface area contributed by atoms with E-state index in [0.717, 1.165) is 0 Å². The van der Waals surface area contributed by atoms with Gasteiger partial charge in [-0.25, -0.2) is 9.18 Å². The van der Waals surface area contributed by atoms with Gasteiger partial charge in [0.05, 0.1) is 24.9 Å². The molecule has 0 saturated heterocycles. The molecule has 0 aliphatic carbocycles. The van der Waals surface area contributed by atoms with Crippen LogP contribution in [0.15, 0.2) is 24.3 Å². The molecule has 2 atom stereocenters. The molecule has 2 rings (SSSR count). The van der Waals surface area contributed by atoms with Crippen molar-refractivity contribution in [3.63, 3.8) is 0 Å². The van der Waals surface area contributed by atoms with Gasteiger partial charge in [0.25, 0.3) is 5.91 Å². The monoisotopic (exact) mass is 404 g/mol. The maximum absolute atomic E-state index is 13.2. The molecule has 0 aliphatic rings. The van der Waals surface area contributed by atoms with Gasteiger partial charge >= 0.3 is 5.97 Å². The Morgan fingerprint density at radius 3 is 2.59 bits per heavy atom. The van der Waals surface area contributed by atoms with Gasteiger partial charge in [-0.15, -0.1) is 0 Å². The second-order valence-corrected chi connectivity index (χ2v) is 7.01. The summed E-state index contributed by atoms with van der Waals surface area (Å²) in [6.45, 7) is 7.11. The van der Waals surface area contributed by atoms with Crippen molar-refractivity contribution in [2.24, 2.45) is 0 Å². The number of Topliss-reactive ketones (excluding diaryl/α,β-unsaturated/α-hetero) is 1. The summed E-state index contributed by atoms with van der Waals surface area (Å²) in [6.07, 6.45) is 0. The number of benzene rings is 1. The zero-order valence-electron chi connectivity index (χ0n) is 17.3. The number of quaternary nitrogens is 1. The molecular formula is C21H27FN3O4+. The lowest BCUT2D eigenvalue weighted by Gasteiger charge is -2.20. The lowest BCUT2D eigenvalue weighted by atomic mass is 10.0. The predicted molar refractivity (Wildman–Crippen MR) is 107 cm³/mol. The van der Waals surface area contributed by atoms with E-state index >= 15 is 0 Å². The number of hydrogen-bond donors (Lipinski definition) is 3. The summed E-state index contributed by atoms with van der Waals surface area (Å²) in [4.78, 5) is 41.0. The number of aromatic nitrogens is 1. The molecule has 29 heavy (non-hydrogen) atoms. The number of carbonyl (C=O) groups excluding carboxylic acids is 3. The number of ether oxygens (including phenoxy) is 1. The molecule has 1 aromatic heterocycles. The molecule has 1 unspecified atom stereocenters. The molecule has 1 amide bonds. The van der Waals surface area contributed by atoms with E-state index in [4.69, 9.17) is 4.74 Å². The Morgan fingerprint density at radius 1 is 1.28 bits per heavy atom. The van der Waals surface area contributed by atoms with Gasteiger partial charge in [0.1, 0.15) is 5.82 Å². The van der Waals surface area contributed by atoms with Crippen LogP contribution in [0.2, 0.25) is 0 Å². The van der Waals surface area contributed by atoms with Gasteiger partial charge in [-0.1, -0.05) is 6.07 Å². The molecule has 156 valence electrons. The lowest BCUT2D eigenvalue weighted by molar-refractivity contribution is -0.885. The third-order valence-electron chi connectivity index (χ3n) is 4.84. The summed E-state index contributed by atoms with van der Waals surface area (Å²) >= 11 is 0. The van der Waals surface area contributed by atoms with Crippen molar-refractivity contribution in [2.75, 3.05) is 25.5 Å². The van der Waals surface area contributed by atoms with Gasteiger partial charge in [-0.2, -0.15) is 0 Å². The van der Waals surface area contributed by atoms with Crippen molar-refractivity contribution < 1.29 is 28.4 Å². The highest BCUT2D eigenvalue weighted by atomic mass is 19.1. The number of esters is 1. The fourth-order valence-electron chi connectivity index (χ4n) is 3.12. The Bertz CT molecular complexity index is 923. The van der Waals surface area contributed by atoms with E-state index in [-0.39, 0.29) is 24.8 Å². The number of amides is 1.